The van der Waals surface area contributed by atoms with Gasteiger partial charge in [0.15, 0.2) is 0 Å². The Balaban J connectivity index is 2.16. The van der Waals surface area contributed by atoms with Gasteiger partial charge in [0, 0.05) is 12.0 Å². The topological polar surface area (TPSA) is 55.4 Å². The average molecular weight is 355 g/mol. The van der Waals surface area contributed by atoms with Crippen molar-refractivity contribution in [3.05, 3.63) is 29.8 Å². The number of hydrogen-bond donors (Lipinski definition) is 1. The molecule has 1 heterocycles. The van der Waals surface area contributed by atoms with Gasteiger partial charge in [0.25, 0.3) is 0 Å². The first kappa shape index (κ1) is 17.4. The van der Waals surface area contributed by atoms with Gasteiger partial charge in [0.2, 0.25) is 0 Å². The van der Waals surface area contributed by atoms with Crippen LogP contribution in [0, 0.1) is 0 Å². The molecule has 0 radical (unpaired) electrons. The molecule has 124 valence electrons. The minimum Gasteiger partial charge on any atom is -0.490 e. The monoisotopic (exact) mass is 355 g/mol. The molecule has 9 heteroatoms. The van der Waals surface area contributed by atoms with E-state index in [0.717, 1.165) is 12.8 Å². The highest BCUT2D eigenvalue weighted by atomic mass is 32.3. The van der Waals surface area contributed by atoms with Crippen LogP contribution >= 0.6 is 11.9 Å². The van der Waals surface area contributed by atoms with Crippen LogP contribution in [0.5, 0.6) is 5.75 Å². The van der Waals surface area contributed by atoms with Crippen molar-refractivity contribution in [3.8, 4) is 5.75 Å². The first-order chi connectivity index (χ1) is 10.2. The molecule has 0 aromatic heterocycles. The summed E-state index contributed by atoms with van der Waals surface area (Å²) in [5, 5.41) is -0.418. The second-order valence-electron chi connectivity index (χ2n) is 4.94. The summed E-state index contributed by atoms with van der Waals surface area (Å²) in [7, 11) is -5.36. The molecule has 2 atom stereocenters. The van der Waals surface area contributed by atoms with Crippen LogP contribution in [0.3, 0.4) is 0 Å². The maximum Gasteiger partial charge on any atom is 0.512 e. The Bertz CT molecular complexity index is 619. The Kier molecular flexibility index (Phi) is 5.29. The van der Waals surface area contributed by atoms with Crippen molar-refractivity contribution in [3.63, 3.8) is 0 Å². The van der Waals surface area contributed by atoms with Crippen molar-refractivity contribution in [2.24, 2.45) is 0 Å². The Morgan fingerprint density at radius 3 is 2.68 bits per heavy atom. The van der Waals surface area contributed by atoms with Gasteiger partial charge >= 0.3 is 15.5 Å². The molecule has 0 aliphatic carbocycles. The Labute approximate surface area is 131 Å². The number of fused-ring (bicyclic) bond motifs is 1. The summed E-state index contributed by atoms with van der Waals surface area (Å²) < 4.78 is 66.8. The second-order valence-corrected chi connectivity index (χ2v) is 7.88. The molecule has 0 spiro atoms. The molecule has 22 heavy (non-hydrogen) atoms. The van der Waals surface area contributed by atoms with Gasteiger partial charge in [-0.25, -0.2) is 8.42 Å². The third-order valence-electron chi connectivity index (χ3n) is 3.25. The summed E-state index contributed by atoms with van der Waals surface area (Å²) in [6.45, 7) is 1.98. The predicted molar refractivity (Wildman–Crippen MR) is 78.8 cm³/mol. The number of benzene rings is 1. The van der Waals surface area contributed by atoms with Crippen LogP contribution in [0.4, 0.5) is 13.2 Å². The van der Waals surface area contributed by atoms with Gasteiger partial charge in [-0.3, -0.25) is 0 Å². The highest BCUT2D eigenvalue weighted by Crippen LogP contribution is 2.43. The molecular formula is C13H16F3NO3S2. The van der Waals surface area contributed by atoms with Crippen molar-refractivity contribution in [1.82, 2.24) is 4.13 Å². The number of ether oxygens (including phenoxy) is 1. The molecular weight excluding hydrogens is 339 g/mol. The SMILES string of the molecule is CCCC1CC(SNS(=O)(=O)C(F)(F)F)c2ccccc2O1. The standard InChI is InChI=1S/C13H16F3NO3S2/c1-2-5-9-8-12(10-6-3-4-7-11(10)20-9)21-17-22(18,19)13(14,15)16/h3-4,6-7,9,12,17H,2,5,8H2,1H3. The van der Waals surface area contributed by atoms with E-state index in [9.17, 15) is 21.6 Å². The summed E-state index contributed by atoms with van der Waals surface area (Å²) in [5.74, 6) is 0.593. The second kappa shape index (κ2) is 6.67. The third kappa shape index (κ3) is 3.88. The summed E-state index contributed by atoms with van der Waals surface area (Å²) in [5.41, 5.74) is -4.61. The Morgan fingerprint density at radius 1 is 1.36 bits per heavy atom. The number of alkyl halides is 3. The quantitative estimate of drug-likeness (QED) is 0.817. The summed E-state index contributed by atoms with van der Waals surface area (Å²) >= 11 is 0.566. The van der Waals surface area contributed by atoms with Crippen LogP contribution in [-0.2, 0) is 10.0 Å². The number of hydrogen-bond acceptors (Lipinski definition) is 4. The molecule has 4 nitrogen and oxygen atoms in total. The molecule has 1 aromatic carbocycles. The number of halogens is 3. The largest absolute Gasteiger partial charge is 0.512 e. The number of sulfonamides is 1. The third-order valence-corrected chi connectivity index (χ3v) is 5.85. The average Bonchev–Trinajstić information content (AvgIpc) is 2.44. The summed E-state index contributed by atoms with van der Waals surface area (Å²) in [6, 6.07) is 6.99. The molecule has 1 N–H and O–H groups in total. The van der Waals surface area contributed by atoms with Crippen LogP contribution in [-0.4, -0.2) is 20.0 Å². The maximum absolute atomic E-state index is 12.4. The molecule has 2 rings (SSSR count). The van der Waals surface area contributed by atoms with E-state index in [1.807, 2.05) is 6.92 Å². The Hall–Kier alpha value is -0.930. The fourth-order valence-electron chi connectivity index (χ4n) is 2.23. The van der Waals surface area contributed by atoms with E-state index in [1.54, 1.807) is 28.4 Å². The van der Waals surface area contributed by atoms with Gasteiger partial charge in [-0.2, -0.15) is 17.3 Å². The van der Waals surface area contributed by atoms with E-state index in [0.29, 0.717) is 29.7 Å². The minimum absolute atomic E-state index is 0.132. The molecule has 0 saturated heterocycles. The highest BCUT2D eigenvalue weighted by molar-refractivity contribution is 8.09. The molecule has 1 aliphatic heterocycles. The molecule has 1 aromatic rings. The first-order valence-corrected chi connectivity index (χ1v) is 9.10. The lowest BCUT2D eigenvalue weighted by Crippen LogP contribution is -2.34. The van der Waals surface area contributed by atoms with E-state index in [4.69, 9.17) is 4.74 Å². The summed E-state index contributed by atoms with van der Waals surface area (Å²) in [4.78, 5) is 0. The van der Waals surface area contributed by atoms with Crippen LogP contribution in [0.15, 0.2) is 24.3 Å². The lowest BCUT2D eigenvalue weighted by Gasteiger charge is -2.31. The lowest BCUT2D eigenvalue weighted by atomic mass is 9.99. The van der Waals surface area contributed by atoms with E-state index in [2.05, 4.69) is 0 Å². The molecule has 0 fully saturated rings. The van der Waals surface area contributed by atoms with Crippen molar-refractivity contribution < 1.29 is 26.3 Å². The smallest absolute Gasteiger partial charge is 0.490 e. The molecule has 1 aliphatic rings. The fourth-order valence-corrected chi connectivity index (χ4v) is 4.21. The zero-order chi connectivity index (χ0) is 16.4. The zero-order valence-electron chi connectivity index (χ0n) is 11.8. The van der Waals surface area contributed by atoms with E-state index in [1.165, 1.54) is 0 Å². The minimum atomic E-state index is -5.36. The van der Waals surface area contributed by atoms with Gasteiger partial charge in [-0.15, -0.1) is 0 Å². The van der Waals surface area contributed by atoms with Gasteiger partial charge < -0.3 is 4.74 Å². The van der Waals surface area contributed by atoms with Crippen LogP contribution in [0.25, 0.3) is 0 Å². The van der Waals surface area contributed by atoms with Crippen LogP contribution in [0.2, 0.25) is 0 Å². The van der Waals surface area contributed by atoms with Gasteiger partial charge in [-0.05, 0) is 12.5 Å². The number of nitrogens with one attached hydrogen (secondary N) is 1. The number of rotatable bonds is 5. The maximum atomic E-state index is 12.4. The molecule has 0 amide bonds. The molecule has 2 unspecified atom stereocenters. The fraction of sp³-hybridized carbons (Fsp3) is 0.538. The van der Waals surface area contributed by atoms with E-state index >= 15 is 0 Å². The highest BCUT2D eigenvalue weighted by Gasteiger charge is 2.46. The van der Waals surface area contributed by atoms with Gasteiger partial charge in [0.05, 0.1) is 5.25 Å². The van der Waals surface area contributed by atoms with Crippen molar-refractivity contribution in [1.29, 1.82) is 0 Å². The normalized spacial score (nSPS) is 22.0. The predicted octanol–water partition coefficient (Wildman–Crippen LogP) is 3.77. The van der Waals surface area contributed by atoms with Crippen molar-refractivity contribution >= 4 is 22.0 Å². The zero-order valence-corrected chi connectivity index (χ0v) is 13.4. The first-order valence-electron chi connectivity index (χ1n) is 6.74. The van der Waals surface area contributed by atoms with Gasteiger partial charge in [0.1, 0.15) is 11.9 Å². The molecule has 0 bridgehead atoms. The van der Waals surface area contributed by atoms with Gasteiger partial charge in [-0.1, -0.05) is 43.5 Å². The van der Waals surface area contributed by atoms with Crippen LogP contribution in [0.1, 0.15) is 37.0 Å². The Morgan fingerprint density at radius 2 is 2.05 bits per heavy atom. The number of para-hydroxylation sites is 1. The van der Waals surface area contributed by atoms with E-state index < -0.39 is 20.8 Å². The summed E-state index contributed by atoms with van der Waals surface area (Å²) in [6.07, 6.45) is 1.96. The van der Waals surface area contributed by atoms with Crippen molar-refractivity contribution in [2.75, 3.05) is 0 Å². The van der Waals surface area contributed by atoms with E-state index in [-0.39, 0.29) is 6.10 Å². The molecule has 0 saturated carbocycles. The van der Waals surface area contributed by atoms with Crippen LogP contribution < -0.4 is 8.86 Å². The lowest BCUT2D eigenvalue weighted by molar-refractivity contribution is -0.0440. The van der Waals surface area contributed by atoms with Crippen molar-refractivity contribution in [2.45, 2.75) is 43.0 Å².